The van der Waals surface area contributed by atoms with Gasteiger partial charge in [0.25, 0.3) is 0 Å². The predicted molar refractivity (Wildman–Crippen MR) is 73.4 cm³/mol. The van der Waals surface area contributed by atoms with Gasteiger partial charge in [0.1, 0.15) is 11.7 Å². The zero-order valence-corrected chi connectivity index (χ0v) is 11.6. The molecular formula is C15H19NO4. The van der Waals surface area contributed by atoms with Crippen molar-refractivity contribution in [1.82, 2.24) is 5.32 Å². The first-order valence-electron chi connectivity index (χ1n) is 6.70. The number of benzene rings is 1. The minimum atomic E-state index is -1.10. The first-order chi connectivity index (χ1) is 9.52. The SMILES string of the molecule is COc1ccc(C(NC(=O)C(C)C(=O)O)C2CC2)cc1. The molecule has 2 N–H and O–H groups in total. The van der Waals surface area contributed by atoms with E-state index in [1.165, 1.54) is 6.92 Å². The third-order valence-corrected chi connectivity index (χ3v) is 3.63. The van der Waals surface area contributed by atoms with Crippen LogP contribution in [0.25, 0.3) is 0 Å². The number of nitrogens with one attached hydrogen (secondary N) is 1. The average Bonchev–Trinajstić information content (AvgIpc) is 3.28. The number of ether oxygens (including phenoxy) is 1. The normalized spacial score (nSPS) is 17.1. The molecule has 0 aliphatic heterocycles. The summed E-state index contributed by atoms with van der Waals surface area (Å²) >= 11 is 0. The Kier molecular flexibility index (Phi) is 4.27. The highest BCUT2D eigenvalue weighted by Crippen LogP contribution is 2.41. The molecule has 5 heteroatoms. The summed E-state index contributed by atoms with van der Waals surface area (Å²) in [6.45, 7) is 1.40. The van der Waals surface area contributed by atoms with E-state index in [-0.39, 0.29) is 6.04 Å². The molecule has 0 radical (unpaired) electrons. The van der Waals surface area contributed by atoms with Crippen LogP contribution in [0.3, 0.4) is 0 Å². The topological polar surface area (TPSA) is 75.6 Å². The molecule has 0 spiro atoms. The van der Waals surface area contributed by atoms with Gasteiger partial charge in [0.05, 0.1) is 13.2 Å². The van der Waals surface area contributed by atoms with Crippen molar-refractivity contribution in [3.63, 3.8) is 0 Å². The molecule has 20 heavy (non-hydrogen) atoms. The van der Waals surface area contributed by atoms with E-state index in [4.69, 9.17) is 9.84 Å². The smallest absolute Gasteiger partial charge is 0.315 e. The summed E-state index contributed by atoms with van der Waals surface area (Å²) in [6.07, 6.45) is 2.11. The lowest BCUT2D eigenvalue weighted by molar-refractivity contribution is -0.146. The zero-order valence-electron chi connectivity index (χ0n) is 11.6. The van der Waals surface area contributed by atoms with Gasteiger partial charge < -0.3 is 15.2 Å². The third kappa shape index (κ3) is 3.29. The van der Waals surface area contributed by atoms with E-state index < -0.39 is 17.8 Å². The molecule has 0 saturated heterocycles. The van der Waals surface area contributed by atoms with E-state index in [1.54, 1.807) is 7.11 Å². The molecule has 0 heterocycles. The molecule has 1 aliphatic carbocycles. The van der Waals surface area contributed by atoms with Crippen molar-refractivity contribution in [3.05, 3.63) is 29.8 Å². The molecular weight excluding hydrogens is 258 g/mol. The van der Waals surface area contributed by atoms with Gasteiger partial charge in [-0.25, -0.2) is 0 Å². The number of carboxylic acids is 1. The Labute approximate surface area is 117 Å². The first-order valence-corrected chi connectivity index (χ1v) is 6.70. The maximum Gasteiger partial charge on any atom is 0.315 e. The molecule has 1 amide bonds. The summed E-state index contributed by atoms with van der Waals surface area (Å²) in [5.41, 5.74) is 0.985. The van der Waals surface area contributed by atoms with Gasteiger partial charge >= 0.3 is 5.97 Å². The molecule has 5 nitrogen and oxygen atoms in total. The van der Waals surface area contributed by atoms with Gasteiger partial charge in [0.2, 0.25) is 5.91 Å². The fourth-order valence-electron chi connectivity index (χ4n) is 2.10. The number of carbonyl (C=O) groups excluding carboxylic acids is 1. The van der Waals surface area contributed by atoms with Crippen LogP contribution in [0.15, 0.2) is 24.3 Å². The Balaban J connectivity index is 2.10. The van der Waals surface area contributed by atoms with Crippen LogP contribution in [0.5, 0.6) is 5.75 Å². The summed E-state index contributed by atoms with van der Waals surface area (Å²) in [6, 6.07) is 7.39. The van der Waals surface area contributed by atoms with Gasteiger partial charge in [0.15, 0.2) is 0 Å². The van der Waals surface area contributed by atoms with E-state index >= 15 is 0 Å². The number of methoxy groups -OCH3 is 1. The number of amides is 1. The zero-order chi connectivity index (χ0) is 14.7. The summed E-state index contributed by atoms with van der Waals surface area (Å²) < 4.78 is 5.11. The van der Waals surface area contributed by atoms with Gasteiger partial charge in [0, 0.05) is 0 Å². The fourth-order valence-corrected chi connectivity index (χ4v) is 2.10. The van der Waals surface area contributed by atoms with Gasteiger partial charge in [-0.15, -0.1) is 0 Å². The third-order valence-electron chi connectivity index (χ3n) is 3.63. The average molecular weight is 277 g/mol. The summed E-state index contributed by atoms with van der Waals surface area (Å²) in [5, 5.41) is 11.7. The number of hydrogen-bond acceptors (Lipinski definition) is 3. The van der Waals surface area contributed by atoms with Crippen LogP contribution >= 0.6 is 0 Å². The number of hydrogen-bond donors (Lipinski definition) is 2. The van der Waals surface area contributed by atoms with Crippen LogP contribution in [-0.2, 0) is 9.59 Å². The summed E-state index contributed by atoms with van der Waals surface area (Å²) in [5.74, 6) is -1.42. The molecule has 1 aliphatic rings. The number of carboxylic acid groups (broad SMARTS) is 1. The highest BCUT2D eigenvalue weighted by molar-refractivity contribution is 5.96. The minimum Gasteiger partial charge on any atom is -0.497 e. The molecule has 0 aromatic heterocycles. The number of carbonyl (C=O) groups is 2. The minimum absolute atomic E-state index is 0.116. The van der Waals surface area contributed by atoms with Crippen molar-refractivity contribution in [2.75, 3.05) is 7.11 Å². The van der Waals surface area contributed by atoms with Gasteiger partial charge in [-0.2, -0.15) is 0 Å². The molecule has 2 unspecified atom stereocenters. The van der Waals surface area contributed by atoms with E-state index in [1.807, 2.05) is 24.3 Å². The largest absolute Gasteiger partial charge is 0.497 e. The number of aliphatic carboxylic acids is 1. The van der Waals surface area contributed by atoms with Crippen molar-refractivity contribution in [1.29, 1.82) is 0 Å². The van der Waals surface area contributed by atoms with Gasteiger partial charge in [-0.05, 0) is 43.4 Å². The second-order valence-electron chi connectivity index (χ2n) is 5.16. The Bertz CT molecular complexity index is 493. The standard InChI is InChI=1S/C15H19NO4/c1-9(15(18)19)14(17)16-13(10-3-4-10)11-5-7-12(20-2)8-6-11/h5-10,13H,3-4H2,1-2H3,(H,16,17)(H,18,19). The van der Waals surface area contributed by atoms with Gasteiger partial charge in [-0.3, -0.25) is 9.59 Å². The van der Waals surface area contributed by atoms with E-state index in [0.717, 1.165) is 24.2 Å². The van der Waals surface area contributed by atoms with Crippen molar-refractivity contribution in [3.8, 4) is 5.75 Å². The lowest BCUT2D eigenvalue weighted by Crippen LogP contribution is -2.37. The molecule has 1 aromatic rings. The van der Waals surface area contributed by atoms with E-state index in [2.05, 4.69) is 5.32 Å². The Morgan fingerprint density at radius 2 is 1.90 bits per heavy atom. The second-order valence-corrected chi connectivity index (χ2v) is 5.16. The fraction of sp³-hybridized carbons (Fsp3) is 0.467. The summed E-state index contributed by atoms with van der Waals surface area (Å²) in [7, 11) is 1.60. The Morgan fingerprint density at radius 3 is 2.35 bits per heavy atom. The highest BCUT2D eigenvalue weighted by Gasteiger charge is 2.35. The van der Waals surface area contributed by atoms with Crippen LogP contribution in [0.2, 0.25) is 0 Å². The Hall–Kier alpha value is -2.04. The predicted octanol–water partition coefficient (Wildman–Crippen LogP) is 1.98. The number of rotatable bonds is 6. The lowest BCUT2D eigenvalue weighted by atomic mass is 10.0. The van der Waals surface area contributed by atoms with E-state index in [9.17, 15) is 9.59 Å². The lowest BCUT2D eigenvalue weighted by Gasteiger charge is -2.20. The monoisotopic (exact) mass is 277 g/mol. The maximum atomic E-state index is 11.9. The molecule has 2 rings (SSSR count). The van der Waals surface area contributed by atoms with Crippen molar-refractivity contribution >= 4 is 11.9 Å². The van der Waals surface area contributed by atoms with Crippen molar-refractivity contribution in [2.24, 2.45) is 11.8 Å². The molecule has 2 atom stereocenters. The molecule has 1 saturated carbocycles. The van der Waals surface area contributed by atoms with Crippen LogP contribution < -0.4 is 10.1 Å². The quantitative estimate of drug-likeness (QED) is 0.780. The molecule has 1 fully saturated rings. The molecule has 1 aromatic carbocycles. The Morgan fingerprint density at radius 1 is 1.30 bits per heavy atom. The maximum absolute atomic E-state index is 11.9. The van der Waals surface area contributed by atoms with Crippen LogP contribution in [0.4, 0.5) is 0 Å². The molecule has 108 valence electrons. The van der Waals surface area contributed by atoms with Crippen LogP contribution in [-0.4, -0.2) is 24.1 Å². The highest BCUT2D eigenvalue weighted by atomic mass is 16.5. The molecule has 0 bridgehead atoms. The van der Waals surface area contributed by atoms with E-state index in [0.29, 0.717) is 5.92 Å². The second kappa shape index (κ2) is 5.94. The van der Waals surface area contributed by atoms with Crippen molar-refractivity contribution in [2.45, 2.75) is 25.8 Å². The summed E-state index contributed by atoms with van der Waals surface area (Å²) in [4.78, 5) is 22.8. The van der Waals surface area contributed by atoms with Gasteiger partial charge in [-0.1, -0.05) is 12.1 Å². The van der Waals surface area contributed by atoms with Crippen LogP contribution in [0, 0.1) is 11.8 Å². The first kappa shape index (κ1) is 14.4. The van der Waals surface area contributed by atoms with Crippen molar-refractivity contribution < 1.29 is 19.4 Å². The van der Waals surface area contributed by atoms with Crippen LogP contribution in [0.1, 0.15) is 31.4 Å².